The highest BCUT2D eigenvalue weighted by Crippen LogP contribution is 2.19. The summed E-state index contributed by atoms with van der Waals surface area (Å²) in [6.45, 7) is 53.0. The van der Waals surface area contributed by atoms with Crippen LogP contribution in [-0.4, -0.2) is 129 Å². The molecular weight excluding hydrogens is 1770 g/mol. The minimum atomic E-state index is 0.910. The molecule has 27 nitrogen and oxygen atoms in total. The van der Waals surface area contributed by atoms with E-state index in [9.17, 15) is 0 Å². The Labute approximate surface area is 834 Å². The predicted molar refractivity (Wildman–Crippen MR) is 578 cm³/mol. The van der Waals surface area contributed by atoms with Crippen molar-refractivity contribution >= 4 is 72.1 Å². The molecule has 0 fully saturated rings. The molecule has 0 aromatic carbocycles. The van der Waals surface area contributed by atoms with Gasteiger partial charge in [0.2, 0.25) is 0 Å². The Morgan fingerprint density at radius 3 is 1.23 bits per heavy atom. The lowest BCUT2D eigenvalue weighted by Gasteiger charge is -1.94. The van der Waals surface area contributed by atoms with Gasteiger partial charge in [-0.05, 0) is 409 Å². The Hall–Kier alpha value is -17.1. The minimum Gasteiger partial charge on any atom is -0.324 e. The van der Waals surface area contributed by atoms with E-state index in [4.69, 9.17) is 0 Å². The minimum absolute atomic E-state index is 0.910. The van der Waals surface area contributed by atoms with Crippen LogP contribution in [0.25, 0.3) is 72.1 Å². The zero-order valence-electron chi connectivity index (χ0n) is 87.0. The van der Waals surface area contributed by atoms with Crippen LogP contribution in [0.5, 0.6) is 0 Å². The Kier molecular flexibility index (Phi) is 32.8. The van der Waals surface area contributed by atoms with Crippen LogP contribution in [0.15, 0.2) is 313 Å². The van der Waals surface area contributed by atoms with Crippen LogP contribution in [0.4, 0.5) is 0 Å². The second-order valence-corrected chi connectivity index (χ2v) is 37.2. The zero-order chi connectivity index (χ0) is 102. The Balaban J connectivity index is 0.000000123. The smallest absolute Gasteiger partial charge is 0.155 e. The van der Waals surface area contributed by atoms with Gasteiger partial charge in [0.1, 0.15) is 17.6 Å². The van der Waals surface area contributed by atoms with Gasteiger partial charge in [-0.15, -0.1) is 0 Å². The van der Waals surface area contributed by atoms with Gasteiger partial charge < -0.3 is 26.4 Å². The average Bonchev–Trinajstić information content (AvgIpc) is 1.83. The van der Waals surface area contributed by atoms with E-state index in [1.165, 1.54) is 105 Å². The maximum absolute atomic E-state index is 4.36. The topological polar surface area (TPSA) is 238 Å². The number of nitrogens with zero attached hydrogens (tertiary/aromatic N) is 27. The predicted octanol–water partition coefficient (Wildman–Crippen LogP) is 24.8. The Morgan fingerprint density at radius 2 is 0.538 bits per heavy atom. The van der Waals surface area contributed by atoms with Gasteiger partial charge in [0.15, 0.2) is 5.65 Å². The van der Waals surface area contributed by atoms with Crippen LogP contribution in [0, 0.1) is 180 Å². The second-order valence-electron chi connectivity index (χ2n) is 37.2. The van der Waals surface area contributed by atoms with Crippen molar-refractivity contribution < 1.29 is 0 Å². The van der Waals surface area contributed by atoms with Crippen molar-refractivity contribution in [3.8, 4) is 0 Å². The number of pyridine rings is 4. The number of hydrogen-bond acceptors (Lipinski definition) is 14. The van der Waals surface area contributed by atoms with E-state index in [2.05, 4.69) is 357 Å². The highest BCUT2D eigenvalue weighted by molar-refractivity contribution is 5.57. The van der Waals surface area contributed by atoms with Crippen molar-refractivity contribution in [2.24, 2.45) is 0 Å². The standard InChI is InChI=1S/2C10H11N.8C9H10N2.3C8H9N3/c1-8-3-4-10-5-9(2)7-11(10)6-8;1-8-3-4-11-7-9(2)6-10(11)5-8;1-7-3-9-4-10-8(2)6-11(9)5-7;1-7-3-9-4-8(2)10-6-11(9)5-7;1-7-3-9-10-4-8(2)6-11(9)5-7;1-7-3-9-4-8(2)6-11(9)10-5-7;1-7-5-9-10-8(2)3-4-11(9)6-7;1-7-5-9-4-3-8(2)10-11(9)6-7;1-7-3-4-9-5-8(2)10-11(9)6-7;1-7-3-4-11-9(5-7)6-8(2)10-11;1-6-4-9-8-3-7(2)10-11(8)5-6;1-6-3-8-4-9-7(2)5-11(8)10-6;1-6-3-8-4-7(2)10-11(8)5-9-6/h2*3-7H,1-2H3;8*3-6H,1-2H3;3*3-5H,1-2H3. The quantitative estimate of drug-likeness (QED) is 0.137. The third-order valence-electron chi connectivity index (χ3n) is 22.4. The first-order valence-electron chi connectivity index (χ1n) is 47.6. The molecule has 0 spiro atoms. The molecular formula is C116H129N27. The molecule has 0 saturated heterocycles. The van der Waals surface area contributed by atoms with E-state index >= 15 is 0 Å². The summed E-state index contributed by atoms with van der Waals surface area (Å²) < 4.78 is 25.5. The molecule has 26 heterocycles. The Bertz CT molecular complexity index is 6910. The van der Waals surface area contributed by atoms with Crippen LogP contribution in [-0.2, 0) is 0 Å². The van der Waals surface area contributed by atoms with Crippen LogP contribution < -0.4 is 0 Å². The molecule has 0 aliphatic rings. The van der Waals surface area contributed by atoms with Gasteiger partial charge in [-0.1, -0.05) is 12.1 Å². The van der Waals surface area contributed by atoms with Crippen LogP contribution in [0.2, 0.25) is 0 Å². The third-order valence-corrected chi connectivity index (χ3v) is 22.4. The fraction of sp³-hybridized carbons (Fsp3) is 0.224. The molecule has 0 aliphatic heterocycles. The maximum Gasteiger partial charge on any atom is 0.155 e. The Morgan fingerprint density at radius 1 is 0.154 bits per heavy atom. The van der Waals surface area contributed by atoms with Gasteiger partial charge >= 0.3 is 0 Å². The van der Waals surface area contributed by atoms with Gasteiger partial charge in [0.25, 0.3) is 0 Å². The first-order chi connectivity index (χ1) is 68.3. The van der Waals surface area contributed by atoms with Gasteiger partial charge in [-0.2, -0.15) is 35.7 Å². The van der Waals surface area contributed by atoms with Crippen molar-refractivity contribution in [1.29, 1.82) is 0 Å². The van der Waals surface area contributed by atoms with Gasteiger partial charge in [-0.25, -0.2) is 56.5 Å². The molecule has 0 saturated carbocycles. The van der Waals surface area contributed by atoms with Crippen molar-refractivity contribution in [1.82, 2.24) is 129 Å². The molecule has 0 N–H and O–H groups in total. The van der Waals surface area contributed by atoms with Crippen LogP contribution in [0.1, 0.15) is 146 Å². The molecule has 26 aromatic heterocycles. The van der Waals surface area contributed by atoms with E-state index in [0.29, 0.717) is 0 Å². The summed E-state index contributed by atoms with van der Waals surface area (Å²) in [6, 6.07) is 56.4. The monoisotopic (exact) mass is 1900 g/mol. The molecule has 0 atom stereocenters. The van der Waals surface area contributed by atoms with E-state index < -0.39 is 0 Å². The average molecular weight is 1900 g/mol. The van der Waals surface area contributed by atoms with Gasteiger partial charge in [-0.3, -0.25) is 9.97 Å². The summed E-state index contributed by atoms with van der Waals surface area (Å²) >= 11 is 0. The molecule has 0 amide bonds. The molecule has 143 heavy (non-hydrogen) atoms. The summed E-state index contributed by atoms with van der Waals surface area (Å²) in [6.07, 6.45) is 47.8. The van der Waals surface area contributed by atoms with Crippen molar-refractivity contribution in [2.45, 2.75) is 180 Å². The number of aromatic nitrogens is 27. The lowest BCUT2D eigenvalue weighted by atomic mass is 10.3. The molecule has 26 aromatic rings. The number of aryl methyl sites for hydroxylation is 26. The summed E-state index contributed by atoms with van der Waals surface area (Å²) in [5, 5.41) is 29.8. The van der Waals surface area contributed by atoms with E-state index in [-0.39, 0.29) is 0 Å². The molecule has 26 rings (SSSR count). The van der Waals surface area contributed by atoms with E-state index in [1.54, 1.807) is 15.4 Å². The third kappa shape index (κ3) is 28.8. The summed E-state index contributed by atoms with van der Waals surface area (Å²) in [4.78, 5) is 29.5. The fourth-order valence-electron chi connectivity index (χ4n) is 15.9. The normalized spacial score (nSPS) is 10.7. The summed E-state index contributed by atoms with van der Waals surface area (Å²) in [5.74, 6) is 0. The van der Waals surface area contributed by atoms with Crippen molar-refractivity contribution in [3.05, 3.63) is 459 Å². The molecule has 0 bridgehead atoms. The number of rotatable bonds is 0. The highest BCUT2D eigenvalue weighted by atomic mass is 15.3. The lowest BCUT2D eigenvalue weighted by Crippen LogP contribution is -1.90. The highest BCUT2D eigenvalue weighted by Gasteiger charge is 2.07. The second kappa shape index (κ2) is 46.1. The maximum atomic E-state index is 4.36. The zero-order valence-corrected chi connectivity index (χ0v) is 87.0. The number of fused-ring (bicyclic) bond motifs is 13. The molecule has 0 unspecified atom stereocenters. The van der Waals surface area contributed by atoms with Crippen molar-refractivity contribution in [2.75, 3.05) is 0 Å². The summed E-state index contributed by atoms with van der Waals surface area (Å²) in [5.41, 5.74) is 45.0. The first-order valence-corrected chi connectivity index (χ1v) is 47.6. The summed E-state index contributed by atoms with van der Waals surface area (Å²) in [7, 11) is 0. The SMILES string of the molecule is Cc1cc2cc(C)ncn2c1.Cc1cc2cc(C)nn2cn1.Cc1cc2ccc(C)nn2c1.Cc1cc2cnc(C)cn2c1.Cc1cc2nc(C)ccn2c1.Cc1ccc2cc(C)cn2c1.Cc1ccc2cc(C)nn2c1.Cc1ccn2cc(C)cc2c1.Cc1ccn2nc(C)cc2c1.Cc1cn2nc(C)cc2cn1.Cc1cnc2cc(C)cn2c1.Cc1cnc2cc(C)nn2c1.Cc1cnn2cc(C)cc2c1. The molecule has 728 valence electrons. The molecule has 0 radical (unpaired) electrons. The van der Waals surface area contributed by atoms with Crippen molar-refractivity contribution in [3.63, 3.8) is 0 Å². The largest absolute Gasteiger partial charge is 0.324 e. The fourth-order valence-corrected chi connectivity index (χ4v) is 15.9. The molecule has 0 aliphatic carbocycles. The van der Waals surface area contributed by atoms with Crippen LogP contribution >= 0.6 is 0 Å². The lowest BCUT2D eigenvalue weighted by molar-refractivity contribution is 0.891. The van der Waals surface area contributed by atoms with Gasteiger partial charge in [0, 0.05) is 151 Å². The van der Waals surface area contributed by atoms with E-state index in [1.807, 2.05) is 249 Å². The van der Waals surface area contributed by atoms with Crippen LogP contribution in [0.3, 0.4) is 0 Å². The molecule has 27 heteroatoms. The van der Waals surface area contributed by atoms with Gasteiger partial charge in [0.05, 0.1) is 115 Å². The first kappa shape index (κ1) is 102. The van der Waals surface area contributed by atoms with E-state index in [0.717, 1.165) is 113 Å². The number of hydrogen-bond donors (Lipinski definition) is 0.